The third-order valence-electron chi connectivity index (χ3n) is 4.05. The second-order valence-corrected chi connectivity index (χ2v) is 7.59. The number of hydrogen-bond donors (Lipinski definition) is 3. The molecule has 0 aliphatic heterocycles. The van der Waals surface area contributed by atoms with Crippen molar-refractivity contribution >= 4 is 58.0 Å². The number of carbonyl (C=O) groups excluding carboxylic acids is 2. The van der Waals surface area contributed by atoms with Crippen LogP contribution >= 0.6 is 35.4 Å². The molecule has 5 nitrogen and oxygen atoms in total. The van der Waals surface area contributed by atoms with Crippen LogP contribution in [0.1, 0.15) is 26.3 Å². The summed E-state index contributed by atoms with van der Waals surface area (Å²) in [4.78, 5) is 24.5. The van der Waals surface area contributed by atoms with Gasteiger partial charge in [0.25, 0.3) is 11.8 Å². The van der Waals surface area contributed by atoms with Gasteiger partial charge in [-0.05, 0) is 60.2 Å². The van der Waals surface area contributed by atoms with E-state index in [0.29, 0.717) is 33.4 Å². The molecule has 0 bridgehead atoms. The fourth-order valence-corrected chi connectivity index (χ4v) is 3.34. The lowest BCUT2D eigenvalue weighted by molar-refractivity contribution is 0.0948. The molecule has 30 heavy (non-hydrogen) atoms. The van der Waals surface area contributed by atoms with Crippen molar-refractivity contribution in [2.45, 2.75) is 6.54 Å². The molecule has 0 saturated heterocycles. The first-order chi connectivity index (χ1) is 14.4. The number of rotatable bonds is 5. The second kappa shape index (κ2) is 10.2. The number of thiocarbonyl (C=S) groups is 1. The number of anilines is 1. The normalized spacial score (nSPS) is 10.2. The zero-order valence-corrected chi connectivity index (χ0v) is 17.9. The Morgan fingerprint density at radius 3 is 2.07 bits per heavy atom. The van der Waals surface area contributed by atoms with Gasteiger partial charge in [0.1, 0.15) is 0 Å². The van der Waals surface area contributed by atoms with Gasteiger partial charge in [0.2, 0.25) is 0 Å². The summed E-state index contributed by atoms with van der Waals surface area (Å²) in [7, 11) is 0. The van der Waals surface area contributed by atoms with Gasteiger partial charge in [0.05, 0.1) is 0 Å². The van der Waals surface area contributed by atoms with E-state index in [9.17, 15) is 9.59 Å². The van der Waals surface area contributed by atoms with E-state index >= 15 is 0 Å². The van der Waals surface area contributed by atoms with Crippen LogP contribution in [0.15, 0.2) is 72.8 Å². The van der Waals surface area contributed by atoms with Crippen LogP contribution in [-0.4, -0.2) is 16.9 Å². The third-order valence-corrected chi connectivity index (χ3v) is 4.69. The van der Waals surface area contributed by atoms with Crippen molar-refractivity contribution in [3.8, 4) is 0 Å². The smallest absolute Gasteiger partial charge is 0.257 e. The molecule has 0 spiro atoms. The van der Waals surface area contributed by atoms with Gasteiger partial charge in [-0.25, -0.2) is 0 Å². The van der Waals surface area contributed by atoms with Gasteiger partial charge in [-0.1, -0.05) is 53.5 Å². The second-order valence-electron chi connectivity index (χ2n) is 6.31. The summed E-state index contributed by atoms with van der Waals surface area (Å²) >= 11 is 17.0. The van der Waals surface area contributed by atoms with Crippen LogP contribution in [0.3, 0.4) is 0 Å². The van der Waals surface area contributed by atoms with Crippen LogP contribution in [0.25, 0.3) is 0 Å². The highest BCUT2D eigenvalue weighted by Crippen LogP contribution is 2.19. The number of benzene rings is 3. The van der Waals surface area contributed by atoms with Gasteiger partial charge in [0.15, 0.2) is 5.11 Å². The summed E-state index contributed by atoms with van der Waals surface area (Å²) in [5.41, 5.74) is 2.46. The average Bonchev–Trinajstić information content (AvgIpc) is 2.72. The highest BCUT2D eigenvalue weighted by Gasteiger charge is 2.11. The van der Waals surface area contributed by atoms with Crippen molar-refractivity contribution < 1.29 is 9.59 Å². The first kappa shape index (κ1) is 21.8. The van der Waals surface area contributed by atoms with Crippen LogP contribution in [-0.2, 0) is 6.54 Å². The summed E-state index contributed by atoms with van der Waals surface area (Å²) in [5.74, 6) is -0.618. The lowest BCUT2D eigenvalue weighted by atomic mass is 10.2. The van der Waals surface area contributed by atoms with Gasteiger partial charge in [0, 0.05) is 33.4 Å². The molecule has 0 heterocycles. The van der Waals surface area contributed by atoms with Crippen molar-refractivity contribution in [2.24, 2.45) is 0 Å². The monoisotopic (exact) mass is 457 g/mol. The number of carbonyl (C=O) groups is 2. The van der Waals surface area contributed by atoms with E-state index in [1.165, 1.54) is 18.2 Å². The summed E-state index contributed by atoms with van der Waals surface area (Å²) in [6, 6.07) is 20.9. The van der Waals surface area contributed by atoms with E-state index in [-0.39, 0.29) is 11.0 Å². The first-order valence-corrected chi connectivity index (χ1v) is 10.1. The van der Waals surface area contributed by atoms with Crippen molar-refractivity contribution in [2.75, 3.05) is 5.32 Å². The van der Waals surface area contributed by atoms with E-state index in [1.54, 1.807) is 24.3 Å². The Morgan fingerprint density at radius 2 is 1.43 bits per heavy atom. The number of hydrogen-bond acceptors (Lipinski definition) is 3. The van der Waals surface area contributed by atoms with Gasteiger partial charge in [-0.2, -0.15) is 0 Å². The Bertz CT molecular complexity index is 1050. The van der Waals surface area contributed by atoms with Crippen molar-refractivity contribution in [1.29, 1.82) is 0 Å². The molecular formula is C22H17Cl2N3O2S. The number of nitrogens with one attached hydrogen (secondary N) is 3. The van der Waals surface area contributed by atoms with Crippen LogP contribution in [0.2, 0.25) is 10.0 Å². The minimum absolute atomic E-state index is 0.109. The molecule has 0 saturated carbocycles. The van der Waals surface area contributed by atoms with Gasteiger partial charge in [-0.15, -0.1) is 0 Å². The summed E-state index contributed by atoms with van der Waals surface area (Å²) < 4.78 is 0. The molecule has 3 rings (SSSR count). The number of halogens is 2. The molecule has 0 aliphatic rings. The van der Waals surface area contributed by atoms with E-state index in [1.807, 2.05) is 30.3 Å². The molecule has 152 valence electrons. The molecule has 3 aromatic rings. The molecule has 2 amide bonds. The van der Waals surface area contributed by atoms with Gasteiger partial charge in [-0.3, -0.25) is 14.9 Å². The van der Waals surface area contributed by atoms with Crippen molar-refractivity contribution in [3.05, 3.63) is 99.5 Å². The molecular weight excluding hydrogens is 441 g/mol. The van der Waals surface area contributed by atoms with Gasteiger partial charge < -0.3 is 10.6 Å². The van der Waals surface area contributed by atoms with E-state index in [0.717, 1.165) is 5.56 Å². The highest BCUT2D eigenvalue weighted by atomic mass is 35.5. The SMILES string of the molecule is O=C(NCc1ccccc1)c1ccc(NC(=S)NC(=O)c2cc(Cl)cc(Cl)c2)cc1. The first-order valence-electron chi connectivity index (χ1n) is 8.91. The molecule has 0 aromatic heterocycles. The van der Waals surface area contributed by atoms with E-state index in [4.69, 9.17) is 35.4 Å². The molecule has 0 aliphatic carbocycles. The fraction of sp³-hybridized carbons (Fsp3) is 0.0455. The molecule has 3 aromatic carbocycles. The zero-order chi connectivity index (χ0) is 21.5. The van der Waals surface area contributed by atoms with Crippen LogP contribution in [0, 0.1) is 0 Å². The summed E-state index contributed by atoms with van der Waals surface area (Å²) in [5, 5.41) is 9.14. The molecule has 0 atom stereocenters. The van der Waals surface area contributed by atoms with Crippen molar-refractivity contribution in [1.82, 2.24) is 10.6 Å². The quantitative estimate of drug-likeness (QED) is 0.468. The summed E-state index contributed by atoms with van der Waals surface area (Å²) in [6.45, 7) is 0.448. The predicted octanol–water partition coefficient (Wildman–Crippen LogP) is 5.05. The van der Waals surface area contributed by atoms with Crippen LogP contribution in [0.5, 0.6) is 0 Å². The minimum atomic E-state index is -0.436. The molecule has 0 radical (unpaired) electrons. The molecule has 0 unspecified atom stereocenters. The van der Waals surface area contributed by atoms with E-state index in [2.05, 4.69) is 16.0 Å². The Kier molecular flexibility index (Phi) is 7.41. The molecule has 8 heteroatoms. The standard InChI is InChI=1S/C22H17Cl2N3O2S/c23-17-10-16(11-18(24)12-17)21(29)27-22(30)26-19-8-6-15(7-9-19)20(28)25-13-14-4-2-1-3-5-14/h1-12H,13H2,(H,25,28)(H2,26,27,29,30). The maximum Gasteiger partial charge on any atom is 0.257 e. The predicted molar refractivity (Wildman–Crippen MR) is 124 cm³/mol. The topological polar surface area (TPSA) is 70.2 Å². The highest BCUT2D eigenvalue weighted by molar-refractivity contribution is 7.80. The van der Waals surface area contributed by atoms with Gasteiger partial charge >= 0.3 is 0 Å². The van der Waals surface area contributed by atoms with Crippen molar-refractivity contribution in [3.63, 3.8) is 0 Å². The maximum atomic E-state index is 12.3. The Labute approximate surface area is 189 Å². The minimum Gasteiger partial charge on any atom is -0.348 e. The fourth-order valence-electron chi connectivity index (χ4n) is 2.61. The lowest BCUT2D eigenvalue weighted by Crippen LogP contribution is -2.34. The van der Waals surface area contributed by atoms with Crippen LogP contribution < -0.4 is 16.0 Å². The Hall–Kier alpha value is -2.93. The average molecular weight is 458 g/mol. The lowest BCUT2D eigenvalue weighted by Gasteiger charge is -2.11. The Balaban J connectivity index is 1.53. The molecule has 0 fully saturated rings. The Morgan fingerprint density at radius 1 is 0.800 bits per heavy atom. The number of amides is 2. The van der Waals surface area contributed by atoms with E-state index < -0.39 is 5.91 Å². The summed E-state index contributed by atoms with van der Waals surface area (Å²) in [6.07, 6.45) is 0. The maximum absolute atomic E-state index is 12.3. The zero-order valence-electron chi connectivity index (χ0n) is 15.6. The van der Waals surface area contributed by atoms with Crippen LogP contribution in [0.4, 0.5) is 5.69 Å². The molecule has 3 N–H and O–H groups in total. The third kappa shape index (κ3) is 6.29. The largest absolute Gasteiger partial charge is 0.348 e.